The number of aromatic nitrogens is 2. The van der Waals surface area contributed by atoms with E-state index in [4.69, 9.17) is 9.97 Å². The smallest absolute Gasteiger partial charge is 0.261 e. The van der Waals surface area contributed by atoms with Crippen molar-refractivity contribution in [3.05, 3.63) is 38.7 Å². The zero-order valence-corrected chi connectivity index (χ0v) is 16.4. The van der Waals surface area contributed by atoms with Crippen LogP contribution >= 0.6 is 22.7 Å². The summed E-state index contributed by atoms with van der Waals surface area (Å²) in [6, 6.07) is 3.73. The number of hydrogen-bond donors (Lipinski definition) is 2. The highest BCUT2D eigenvalue weighted by Gasteiger charge is 2.20. The second-order valence-corrected chi connectivity index (χ2v) is 8.42. The van der Waals surface area contributed by atoms with Gasteiger partial charge in [-0.15, -0.1) is 22.7 Å². The van der Waals surface area contributed by atoms with Crippen molar-refractivity contribution >= 4 is 44.6 Å². The molecule has 136 valence electrons. The van der Waals surface area contributed by atoms with Crippen LogP contribution in [0.25, 0.3) is 10.2 Å². The van der Waals surface area contributed by atoms with Crippen molar-refractivity contribution < 1.29 is 4.79 Å². The standard InChI is InChI=1S/C19H22N4OS2/c1-2-15-22-17(20-9-10-21-18(24)14-8-5-11-25-14)16-12-6-3-4-7-13(12)26-19(16)23-15/h5,8,11H,2-4,6-7,9-10H2,1H3,(H,21,24)(H,20,22,23). The topological polar surface area (TPSA) is 66.9 Å². The summed E-state index contributed by atoms with van der Waals surface area (Å²) in [5.41, 5.74) is 1.43. The molecule has 0 fully saturated rings. The molecule has 26 heavy (non-hydrogen) atoms. The van der Waals surface area contributed by atoms with E-state index in [9.17, 15) is 4.79 Å². The quantitative estimate of drug-likeness (QED) is 0.628. The third-order valence-corrected chi connectivity index (χ3v) is 6.68. The lowest BCUT2D eigenvalue weighted by Gasteiger charge is -2.13. The lowest BCUT2D eigenvalue weighted by atomic mass is 9.97. The Hall–Kier alpha value is -1.99. The number of nitrogens with one attached hydrogen (secondary N) is 2. The number of amides is 1. The van der Waals surface area contributed by atoms with Gasteiger partial charge in [0.25, 0.3) is 5.91 Å². The Morgan fingerprint density at radius 3 is 2.92 bits per heavy atom. The molecule has 0 saturated heterocycles. The lowest BCUT2D eigenvalue weighted by molar-refractivity contribution is 0.0959. The van der Waals surface area contributed by atoms with E-state index in [1.54, 1.807) is 0 Å². The molecule has 0 bridgehead atoms. The summed E-state index contributed by atoms with van der Waals surface area (Å²) >= 11 is 3.28. The average molecular weight is 387 g/mol. The molecule has 0 aromatic carbocycles. The molecule has 1 aliphatic rings. The van der Waals surface area contributed by atoms with Crippen molar-refractivity contribution in [2.24, 2.45) is 0 Å². The average Bonchev–Trinajstić information content (AvgIpc) is 3.32. The molecule has 4 rings (SSSR count). The van der Waals surface area contributed by atoms with Crippen molar-refractivity contribution in [3.63, 3.8) is 0 Å². The monoisotopic (exact) mass is 386 g/mol. The summed E-state index contributed by atoms with van der Waals surface area (Å²) in [5.74, 6) is 1.79. The van der Waals surface area contributed by atoms with Crippen LogP contribution in [-0.2, 0) is 19.3 Å². The molecule has 1 aliphatic carbocycles. The maximum Gasteiger partial charge on any atom is 0.261 e. The van der Waals surface area contributed by atoms with E-state index in [1.807, 2.05) is 28.8 Å². The summed E-state index contributed by atoms with van der Waals surface area (Å²) in [4.78, 5) is 24.8. The molecular formula is C19H22N4OS2. The molecule has 1 amide bonds. The minimum atomic E-state index is -0.0169. The number of rotatable bonds is 6. The zero-order chi connectivity index (χ0) is 17.9. The van der Waals surface area contributed by atoms with E-state index in [0.717, 1.165) is 40.6 Å². The van der Waals surface area contributed by atoms with Crippen LogP contribution in [0.5, 0.6) is 0 Å². The summed E-state index contributed by atoms with van der Waals surface area (Å²) in [5, 5.41) is 9.51. The Morgan fingerprint density at radius 1 is 1.23 bits per heavy atom. The number of nitrogens with zero attached hydrogens (tertiary/aromatic N) is 2. The van der Waals surface area contributed by atoms with Gasteiger partial charge in [0.05, 0.1) is 10.3 Å². The Bertz CT molecular complexity index is 917. The van der Waals surface area contributed by atoms with Crippen molar-refractivity contribution in [1.82, 2.24) is 15.3 Å². The maximum atomic E-state index is 12.0. The fourth-order valence-corrected chi connectivity index (χ4v) is 5.26. The van der Waals surface area contributed by atoms with E-state index < -0.39 is 0 Å². The predicted molar refractivity (Wildman–Crippen MR) is 109 cm³/mol. The molecule has 0 atom stereocenters. The number of carbonyl (C=O) groups is 1. The zero-order valence-electron chi connectivity index (χ0n) is 14.8. The van der Waals surface area contributed by atoms with Crippen LogP contribution in [0.1, 0.15) is 45.7 Å². The Labute approximate surface area is 160 Å². The van der Waals surface area contributed by atoms with Gasteiger partial charge in [-0.1, -0.05) is 13.0 Å². The van der Waals surface area contributed by atoms with Gasteiger partial charge < -0.3 is 10.6 Å². The molecule has 0 radical (unpaired) electrons. The molecular weight excluding hydrogens is 364 g/mol. The van der Waals surface area contributed by atoms with Crippen molar-refractivity contribution in [3.8, 4) is 0 Å². The Morgan fingerprint density at radius 2 is 2.12 bits per heavy atom. The van der Waals surface area contributed by atoms with E-state index in [0.29, 0.717) is 13.1 Å². The molecule has 0 unspecified atom stereocenters. The first-order chi connectivity index (χ1) is 12.8. The van der Waals surface area contributed by atoms with Crippen LogP contribution in [0, 0.1) is 0 Å². The van der Waals surface area contributed by atoms with E-state index >= 15 is 0 Å². The molecule has 0 spiro atoms. The maximum absolute atomic E-state index is 12.0. The highest BCUT2D eigenvalue weighted by atomic mass is 32.1. The highest BCUT2D eigenvalue weighted by Crippen LogP contribution is 2.38. The third kappa shape index (κ3) is 3.46. The molecule has 3 aromatic heterocycles. The Balaban J connectivity index is 1.50. The van der Waals surface area contributed by atoms with Gasteiger partial charge in [-0.25, -0.2) is 9.97 Å². The second-order valence-electron chi connectivity index (χ2n) is 6.39. The normalized spacial score (nSPS) is 13.6. The van der Waals surface area contributed by atoms with Gasteiger partial charge in [-0.3, -0.25) is 4.79 Å². The second kappa shape index (κ2) is 7.72. The summed E-state index contributed by atoms with van der Waals surface area (Å²) in [6.07, 6.45) is 5.61. The van der Waals surface area contributed by atoms with Gasteiger partial charge in [0.2, 0.25) is 0 Å². The minimum absolute atomic E-state index is 0.0169. The molecule has 3 aromatic rings. The van der Waals surface area contributed by atoms with Crippen molar-refractivity contribution in [2.75, 3.05) is 18.4 Å². The van der Waals surface area contributed by atoms with Crippen LogP contribution in [0.4, 0.5) is 5.82 Å². The van der Waals surface area contributed by atoms with E-state index in [2.05, 4.69) is 17.6 Å². The van der Waals surface area contributed by atoms with Gasteiger partial charge in [0, 0.05) is 24.4 Å². The largest absolute Gasteiger partial charge is 0.368 e. The van der Waals surface area contributed by atoms with Crippen LogP contribution < -0.4 is 10.6 Å². The van der Waals surface area contributed by atoms with Crippen LogP contribution in [0.15, 0.2) is 17.5 Å². The SMILES string of the molecule is CCc1nc(NCCNC(=O)c2cccs2)c2c3c(sc2n1)CCCC3. The number of hydrogen-bond acceptors (Lipinski definition) is 6. The number of anilines is 1. The van der Waals surface area contributed by atoms with Crippen LogP contribution in [-0.4, -0.2) is 29.0 Å². The minimum Gasteiger partial charge on any atom is -0.368 e. The molecule has 0 saturated carbocycles. The molecule has 7 heteroatoms. The van der Waals surface area contributed by atoms with Gasteiger partial charge in [-0.05, 0) is 42.7 Å². The first-order valence-corrected chi connectivity index (χ1v) is 10.8. The van der Waals surface area contributed by atoms with E-state index in [1.165, 1.54) is 40.0 Å². The summed E-state index contributed by atoms with van der Waals surface area (Å²) in [6.45, 7) is 3.30. The van der Waals surface area contributed by atoms with Crippen molar-refractivity contribution in [1.29, 1.82) is 0 Å². The van der Waals surface area contributed by atoms with Crippen LogP contribution in [0.3, 0.4) is 0 Å². The van der Waals surface area contributed by atoms with Gasteiger partial charge in [-0.2, -0.15) is 0 Å². The van der Waals surface area contributed by atoms with E-state index in [-0.39, 0.29) is 5.91 Å². The fraction of sp³-hybridized carbons (Fsp3) is 0.421. The lowest BCUT2D eigenvalue weighted by Crippen LogP contribution is -2.28. The Kier molecular flexibility index (Phi) is 5.17. The fourth-order valence-electron chi connectivity index (χ4n) is 3.34. The number of carbonyl (C=O) groups excluding carboxylic acids is 1. The van der Waals surface area contributed by atoms with Gasteiger partial charge in [0.1, 0.15) is 16.5 Å². The predicted octanol–water partition coefficient (Wildman–Crippen LogP) is 4.04. The first-order valence-electron chi connectivity index (χ1n) is 9.13. The summed E-state index contributed by atoms with van der Waals surface area (Å²) < 4.78 is 0. The van der Waals surface area contributed by atoms with Crippen LogP contribution in [0.2, 0.25) is 0 Å². The van der Waals surface area contributed by atoms with Gasteiger partial charge >= 0.3 is 0 Å². The first kappa shape index (κ1) is 17.4. The van der Waals surface area contributed by atoms with Gasteiger partial charge in [0.15, 0.2) is 0 Å². The third-order valence-electron chi connectivity index (χ3n) is 4.63. The number of fused-ring (bicyclic) bond motifs is 3. The summed E-state index contributed by atoms with van der Waals surface area (Å²) in [7, 11) is 0. The molecule has 3 heterocycles. The number of thiophene rings is 2. The molecule has 5 nitrogen and oxygen atoms in total. The number of aryl methyl sites for hydroxylation is 3. The molecule has 0 aliphatic heterocycles. The highest BCUT2D eigenvalue weighted by molar-refractivity contribution is 7.19. The molecule has 2 N–H and O–H groups in total. The van der Waals surface area contributed by atoms with Crippen molar-refractivity contribution in [2.45, 2.75) is 39.0 Å².